The standard InChI is InChI=1S/C17H27FN2/c1-3-19-17-11-6-5-8-14(17)13-20(4-2)16-10-7-9-15(18)12-16/h7,9-10,12,14,17,19H,3-6,8,11,13H2,1-2H3. The molecule has 1 saturated carbocycles. The van der Waals surface area contributed by atoms with Gasteiger partial charge in [-0.3, -0.25) is 0 Å². The van der Waals surface area contributed by atoms with Crippen LogP contribution in [0.15, 0.2) is 24.3 Å². The number of halogens is 1. The van der Waals surface area contributed by atoms with Crippen molar-refractivity contribution in [2.45, 2.75) is 45.6 Å². The summed E-state index contributed by atoms with van der Waals surface area (Å²) < 4.78 is 13.4. The predicted octanol–water partition coefficient (Wildman–Crippen LogP) is 3.82. The van der Waals surface area contributed by atoms with Gasteiger partial charge in [0.05, 0.1) is 0 Å². The van der Waals surface area contributed by atoms with E-state index in [0.717, 1.165) is 25.3 Å². The topological polar surface area (TPSA) is 15.3 Å². The summed E-state index contributed by atoms with van der Waals surface area (Å²) in [6, 6.07) is 7.60. The molecule has 0 heterocycles. The Labute approximate surface area is 122 Å². The van der Waals surface area contributed by atoms with Crippen LogP contribution in [0.25, 0.3) is 0 Å². The highest BCUT2D eigenvalue weighted by Gasteiger charge is 2.26. The zero-order valence-corrected chi connectivity index (χ0v) is 12.7. The van der Waals surface area contributed by atoms with Gasteiger partial charge in [0.25, 0.3) is 0 Å². The molecule has 0 radical (unpaired) electrons. The number of hydrogen-bond acceptors (Lipinski definition) is 2. The minimum Gasteiger partial charge on any atom is -0.371 e. The normalized spacial score (nSPS) is 22.8. The van der Waals surface area contributed by atoms with Crippen molar-refractivity contribution in [3.05, 3.63) is 30.1 Å². The first-order chi connectivity index (χ1) is 9.74. The van der Waals surface area contributed by atoms with Crippen LogP contribution in [0.3, 0.4) is 0 Å². The number of nitrogens with one attached hydrogen (secondary N) is 1. The SMILES string of the molecule is CCNC1CCCCC1CN(CC)c1cccc(F)c1. The van der Waals surface area contributed by atoms with Gasteiger partial charge in [-0.1, -0.05) is 25.8 Å². The molecule has 0 aromatic heterocycles. The summed E-state index contributed by atoms with van der Waals surface area (Å²) in [5, 5.41) is 3.63. The Morgan fingerprint density at radius 3 is 2.75 bits per heavy atom. The van der Waals surface area contributed by atoms with Gasteiger partial charge >= 0.3 is 0 Å². The van der Waals surface area contributed by atoms with Crippen molar-refractivity contribution in [3.8, 4) is 0 Å². The molecule has 1 N–H and O–H groups in total. The molecule has 2 rings (SSSR count). The number of hydrogen-bond donors (Lipinski definition) is 1. The highest BCUT2D eigenvalue weighted by molar-refractivity contribution is 5.46. The first-order valence-electron chi connectivity index (χ1n) is 7.98. The molecule has 1 aromatic rings. The number of rotatable bonds is 6. The lowest BCUT2D eigenvalue weighted by Gasteiger charge is -2.36. The quantitative estimate of drug-likeness (QED) is 0.851. The van der Waals surface area contributed by atoms with Gasteiger partial charge in [0, 0.05) is 24.8 Å². The molecule has 20 heavy (non-hydrogen) atoms. The third-order valence-electron chi connectivity index (χ3n) is 4.39. The summed E-state index contributed by atoms with van der Waals surface area (Å²) in [6.07, 6.45) is 5.22. The van der Waals surface area contributed by atoms with Crippen LogP contribution in [0.5, 0.6) is 0 Å². The Bertz CT molecular complexity index is 406. The molecule has 1 aliphatic rings. The van der Waals surface area contributed by atoms with Crippen molar-refractivity contribution >= 4 is 5.69 Å². The number of benzene rings is 1. The Kier molecular flexibility index (Phi) is 5.84. The van der Waals surface area contributed by atoms with Gasteiger partial charge in [-0.15, -0.1) is 0 Å². The van der Waals surface area contributed by atoms with Crippen LogP contribution in [0.1, 0.15) is 39.5 Å². The van der Waals surface area contributed by atoms with Gasteiger partial charge in [-0.05, 0) is 50.4 Å². The largest absolute Gasteiger partial charge is 0.371 e. The molecule has 2 nitrogen and oxygen atoms in total. The van der Waals surface area contributed by atoms with Crippen LogP contribution in [-0.4, -0.2) is 25.7 Å². The van der Waals surface area contributed by atoms with Gasteiger partial charge < -0.3 is 10.2 Å². The second kappa shape index (κ2) is 7.63. The Balaban J connectivity index is 2.04. The second-order valence-corrected chi connectivity index (χ2v) is 5.73. The minimum absolute atomic E-state index is 0.146. The third kappa shape index (κ3) is 3.95. The van der Waals surface area contributed by atoms with Gasteiger partial charge in [-0.2, -0.15) is 0 Å². The van der Waals surface area contributed by atoms with E-state index >= 15 is 0 Å². The molecule has 0 bridgehead atoms. The van der Waals surface area contributed by atoms with E-state index in [4.69, 9.17) is 0 Å². The summed E-state index contributed by atoms with van der Waals surface area (Å²) in [5.41, 5.74) is 1.01. The van der Waals surface area contributed by atoms with Crippen LogP contribution >= 0.6 is 0 Å². The molecule has 112 valence electrons. The summed E-state index contributed by atoms with van der Waals surface area (Å²) in [6.45, 7) is 7.31. The zero-order valence-electron chi connectivity index (χ0n) is 12.7. The molecular weight excluding hydrogens is 251 g/mol. The lowest BCUT2D eigenvalue weighted by Crippen LogP contribution is -2.44. The van der Waals surface area contributed by atoms with E-state index in [2.05, 4.69) is 24.1 Å². The van der Waals surface area contributed by atoms with Crippen LogP contribution in [0, 0.1) is 11.7 Å². The van der Waals surface area contributed by atoms with E-state index in [1.165, 1.54) is 31.7 Å². The summed E-state index contributed by atoms with van der Waals surface area (Å²) in [4.78, 5) is 2.31. The van der Waals surface area contributed by atoms with E-state index < -0.39 is 0 Å². The lowest BCUT2D eigenvalue weighted by atomic mass is 9.84. The fraction of sp³-hybridized carbons (Fsp3) is 0.647. The number of anilines is 1. The molecule has 1 fully saturated rings. The third-order valence-corrected chi connectivity index (χ3v) is 4.39. The molecule has 0 aliphatic heterocycles. The van der Waals surface area contributed by atoms with Crippen molar-refractivity contribution in [1.82, 2.24) is 5.32 Å². The zero-order chi connectivity index (χ0) is 14.4. The average Bonchev–Trinajstić information content (AvgIpc) is 2.46. The van der Waals surface area contributed by atoms with Gasteiger partial charge in [0.1, 0.15) is 5.82 Å². The van der Waals surface area contributed by atoms with Crippen molar-refractivity contribution in [1.29, 1.82) is 0 Å². The predicted molar refractivity (Wildman–Crippen MR) is 83.7 cm³/mol. The molecule has 1 aliphatic carbocycles. The first kappa shape index (κ1) is 15.3. The molecule has 0 amide bonds. The fourth-order valence-corrected chi connectivity index (χ4v) is 3.33. The van der Waals surface area contributed by atoms with E-state index in [0.29, 0.717) is 12.0 Å². The molecular formula is C17H27FN2. The molecule has 2 atom stereocenters. The van der Waals surface area contributed by atoms with Gasteiger partial charge in [0.2, 0.25) is 0 Å². The van der Waals surface area contributed by atoms with Crippen LogP contribution < -0.4 is 10.2 Å². The van der Waals surface area contributed by atoms with E-state index in [9.17, 15) is 4.39 Å². The molecule has 1 aromatic carbocycles. The fourth-order valence-electron chi connectivity index (χ4n) is 3.33. The van der Waals surface area contributed by atoms with Crippen molar-refractivity contribution in [2.75, 3.05) is 24.5 Å². The summed E-state index contributed by atoms with van der Waals surface area (Å²) in [5.74, 6) is 0.528. The van der Waals surface area contributed by atoms with Crippen LogP contribution in [0.2, 0.25) is 0 Å². The molecule has 0 saturated heterocycles. The molecule has 2 unspecified atom stereocenters. The Hall–Kier alpha value is -1.09. The van der Waals surface area contributed by atoms with Crippen LogP contribution in [0.4, 0.5) is 10.1 Å². The maximum Gasteiger partial charge on any atom is 0.125 e. The Morgan fingerprint density at radius 2 is 2.05 bits per heavy atom. The maximum absolute atomic E-state index is 13.4. The van der Waals surface area contributed by atoms with Crippen molar-refractivity contribution < 1.29 is 4.39 Å². The lowest BCUT2D eigenvalue weighted by molar-refractivity contribution is 0.268. The highest BCUT2D eigenvalue weighted by atomic mass is 19.1. The van der Waals surface area contributed by atoms with Crippen molar-refractivity contribution in [2.24, 2.45) is 5.92 Å². The van der Waals surface area contributed by atoms with Crippen molar-refractivity contribution in [3.63, 3.8) is 0 Å². The highest BCUT2D eigenvalue weighted by Crippen LogP contribution is 2.27. The van der Waals surface area contributed by atoms with Crippen LogP contribution in [-0.2, 0) is 0 Å². The molecule has 3 heteroatoms. The number of nitrogens with zero attached hydrogens (tertiary/aromatic N) is 1. The molecule has 0 spiro atoms. The smallest absolute Gasteiger partial charge is 0.125 e. The summed E-state index contributed by atoms with van der Waals surface area (Å²) in [7, 11) is 0. The first-order valence-corrected chi connectivity index (χ1v) is 7.98. The van der Waals surface area contributed by atoms with E-state index in [-0.39, 0.29) is 5.82 Å². The monoisotopic (exact) mass is 278 g/mol. The van der Waals surface area contributed by atoms with E-state index in [1.54, 1.807) is 12.1 Å². The summed E-state index contributed by atoms with van der Waals surface area (Å²) >= 11 is 0. The average molecular weight is 278 g/mol. The minimum atomic E-state index is -0.146. The van der Waals surface area contributed by atoms with E-state index in [1.807, 2.05) is 6.07 Å². The Morgan fingerprint density at radius 1 is 1.25 bits per heavy atom. The van der Waals surface area contributed by atoms with Gasteiger partial charge in [-0.25, -0.2) is 4.39 Å². The second-order valence-electron chi connectivity index (χ2n) is 5.73. The van der Waals surface area contributed by atoms with Gasteiger partial charge in [0.15, 0.2) is 0 Å². The maximum atomic E-state index is 13.4.